The highest BCUT2D eigenvalue weighted by atomic mass is 32.2. The van der Waals surface area contributed by atoms with Gasteiger partial charge in [0.2, 0.25) is 0 Å². The quantitative estimate of drug-likeness (QED) is 0.788. The first kappa shape index (κ1) is 13.7. The molecule has 0 radical (unpaired) electrons. The molecular formula is C14H20N4OS. The second-order valence-corrected chi connectivity index (χ2v) is 6.63. The molecule has 2 aromatic rings. The molecule has 0 N–H and O–H groups in total. The normalized spacial score (nSPS) is 15.2. The molecule has 0 saturated heterocycles. The smallest absolute Gasteiger partial charge is 0.191 e. The molecule has 0 bridgehead atoms. The summed E-state index contributed by atoms with van der Waals surface area (Å²) in [6.45, 7) is 8.29. The van der Waals surface area contributed by atoms with Crippen LogP contribution in [0, 0.1) is 13.8 Å². The molecule has 0 amide bonds. The fourth-order valence-corrected chi connectivity index (χ4v) is 3.47. The van der Waals surface area contributed by atoms with Gasteiger partial charge in [0.1, 0.15) is 11.6 Å². The van der Waals surface area contributed by atoms with E-state index < -0.39 is 0 Å². The second kappa shape index (κ2) is 5.24. The zero-order chi connectivity index (χ0) is 14.3. The van der Waals surface area contributed by atoms with Crippen molar-refractivity contribution >= 4 is 11.8 Å². The molecule has 1 saturated carbocycles. The van der Waals surface area contributed by atoms with Crippen LogP contribution in [0.2, 0.25) is 0 Å². The Labute approximate surface area is 123 Å². The molecule has 0 unspecified atom stereocenters. The first-order chi connectivity index (χ1) is 9.58. The van der Waals surface area contributed by atoms with Gasteiger partial charge in [-0.25, -0.2) is 0 Å². The molecule has 5 nitrogen and oxygen atoms in total. The van der Waals surface area contributed by atoms with Crippen molar-refractivity contribution in [3.63, 3.8) is 0 Å². The van der Waals surface area contributed by atoms with Gasteiger partial charge in [0.05, 0.1) is 5.69 Å². The summed E-state index contributed by atoms with van der Waals surface area (Å²) in [4.78, 5) is 0. The lowest BCUT2D eigenvalue weighted by molar-refractivity contribution is 0.392. The van der Waals surface area contributed by atoms with E-state index in [0.717, 1.165) is 28.2 Å². The van der Waals surface area contributed by atoms with Crippen molar-refractivity contribution in [1.82, 2.24) is 19.9 Å². The van der Waals surface area contributed by atoms with Gasteiger partial charge in [-0.15, -0.1) is 10.2 Å². The third-order valence-corrected chi connectivity index (χ3v) is 4.62. The van der Waals surface area contributed by atoms with Gasteiger partial charge in [-0.1, -0.05) is 30.8 Å². The number of rotatable bonds is 5. The highest BCUT2D eigenvalue weighted by Gasteiger charge is 2.30. The molecule has 0 spiro atoms. The minimum atomic E-state index is 0.413. The van der Waals surface area contributed by atoms with Gasteiger partial charge < -0.3 is 9.09 Å². The Kier molecular flexibility index (Phi) is 3.58. The fourth-order valence-electron chi connectivity index (χ4n) is 2.30. The Bertz CT molecular complexity index is 593. The summed E-state index contributed by atoms with van der Waals surface area (Å²) in [6.07, 6.45) is 2.49. The highest BCUT2D eigenvalue weighted by Crippen LogP contribution is 2.40. The predicted octanol–water partition coefficient (Wildman–Crippen LogP) is 3.63. The molecule has 0 aromatic carbocycles. The van der Waals surface area contributed by atoms with Crippen LogP contribution in [0.3, 0.4) is 0 Å². The summed E-state index contributed by atoms with van der Waals surface area (Å²) >= 11 is 1.73. The molecule has 2 aromatic heterocycles. The maximum atomic E-state index is 5.21. The van der Waals surface area contributed by atoms with E-state index in [9.17, 15) is 0 Å². The van der Waals surface area contributed by atoms with Gasteiger partial charge in [0.15, 0.2) is 5.16 Å². The van der Waals surface area contributed by atoms with Crippen LogP contribution in [0.1, 0.15) is 61.5 Å². The number of hydrogen-bond acceptors (Lipinski definition) is 5. The number of nitrogens with zero attached hydrogens (tertiary/aromatic N) is 4. The van der Waals surface area contributed by atoms with Crippen LogP contribution in [0.15, 0.2) is 9.68 Å². The number of aromatic nitrogens is 4. The molecule has 1 aliphatic rings. The minimum absolute atomic E-state index is 0.413. The van der Waals surface area contributed by atoms with Crippen molar-refractivity contribution in [3.05, 3.63) is 22.8 Å². The van der Waals surface area contributed by atoms with Crippen molar-refractivity contribution in [1.29, 1.82) is 0 Å². The van der Waals surface area contributed by atoms with E-state index in [0.29, 0.717) is 12.0 Å². The maximum Gasteiger partial charge on any atom is 0.191 e. The fraction of sp³-hybridized carbons (Fsp3) is 0.643. The Morgan fingerprint density at radius 3 is 2.60 bits per heavy atom. The first-order valence-electron chi connectivity index (χ1n) is 7.07. The monoisotopic (exact) mass is 292 g/mol. The summed E-state index contributed by atoms with van der Waals surface area (Å²) in [5.74, 6) is 3.26. The van der Waals surface area contributed by atoms with Crippen LogP contribution >= 0.6 is 11.8 Å². The number of hydrogen-bond donors (Lipinski definition) is 0. The molecule has 108 valence electrons. The van der Waals surface area contributed by atoms with E-state index in [1.165, 1.54) is 18.4 Å². The topological polar surface area (TPSA) is 56.7 Å². The average Bonchev–Trinajstić information content (AvgIpc) is 3.08. The van der Waals surface area contributed by atoms with Crippen molar-refractivity contribution in [2.75, 3.05) is 0 Å². The van der Waals surface area contributed by atoms with E-state index in [1.807, 2.05) is 13.8 Å². The van der Waals surface area contributed by atoms with E-state index in [4.69, 9.17) is 4.52 Å². The average molecular weight is 292 g/mol. The SMILES string of the molecule is Cc1noc(C)c1CSc1nnc(C(C)C)n1C1CC1. The summed E-state index contributed by atoms with van der Waals surface area (Å²) < 4.78 is 7.54. The summed E-state index contributed by atoms with van der Waals surface area (Å²) in [6, 6.07) is 0.606. The Morgan fingerprint density at radius 1 is 1.30 bits per heavy atom. The molecule has 3 rings (SSSR count). The molecule has 1 fully saturated rings. The third-order valence-electron chi connectivity index (χ3n) is 3.65. The molecule has 6 heteroatoms. The van der Waals surface area contributed by atoms with Crippen LogP contribution in [0.4, 0.5) is 0 Å². The zero-order valence-electron chi connectivity index (χ0n) is 12.4. The van der Waals surface area contributed by atoms with Gasteiger partial charge in [-0.2, -0.15) is 0 Å². The standard InChI is InChI=1S/C14H20N4OS/c1-8(2)13-15-16-14(18(13)11-5-6-11)20-7-12-9(3)17-19-10(12)4/h8,11H,5-7H2,1-4H3. The molecule has 1 aliphatic carbocycles. The van der Waals surface area contributed by atoms with Crippen molar-refractivity contribution in [3.8, 4) is 0 Å². The molecule has 20 heavy (non-hydrogen) atoms. The Balaban J connectivity index is 1.81. The summed E-state index contributed by atoms with van der Waals surface area (Å²) in [5, 5.41) is 13.8. The van der Waals surface area contributed by atoms with Crippen LogP contribution in [-0.4, -0.2) is 19.9 Å². The van der Waals surface area contributed by atoms with Crippen LogP contribution in [-0.2, 0) is 5.75 Å². The van der Waals surface area contributed by atoms with Crippen molar-refractivity contribution in [2.24, 2.45) is 0 Å². The van der Waals surface area contributed by atoms with E-state index >= 15 is 0 Å². The second-order valence-electron chi connectivity index (χ2n) is 5.69. The van der Waals surface area contributed by atoms with E-state index in [2.05, 4.69) is 33.8 Å². The highest BCUT2D eigenvalue weighted by molar-refractivity contribution is 7.98. The van der Waals surface area contributed by atoms with Crippen molar-refractivity contribution in [2.45, 2.75) is 63.4 Å². The molecule has 0 atom stereocenters. The lowest BCUT2D eigenvalue weighted by Crippen LogP contribution is -2.04. The molecule has 2 heterocycles. The van der Waals surface area contributed by atoms with Crippen LogP contribution in [0.25, 0.3) is 0 Å². The summed E-state index contributed by atoms with van der Waals surface area (Å²) in [5.41, 5.74) is 2.14. The number of aryl methyl sites for hydroxylation is 2. The van der Waals surface area contributed by atoms with Crippen LogP contribution < -0.4 is 0 Å². The Morgan fingerprint density at radius 2 is 2.05 bits per heavy atom. The van der Waals surface area contributed by atoms with Gasteiger partial charge in [0, 0.05) is 23.3 Å². The molecule has 0 aliphatic heterocycles. The predicted molar refractivity (Wildman–Crippen MR) is 77.9 cm³/mol. The lowest BCUT2D eigenvalue weighted by atomic mass is 10.2. The Hall–Kier alpha value is -1.30. The third kappa shape index (κ3) is 2.49. The first-order valence-corrected chi connectivity index (χ1v) is 8.05. The van der Waals surface area contributed by atoms with Gasteiger partial charge in [-0.3, -0.25) is 0 Å². The van der Waals surface area contributed by atoms with Gasteiger partial charge in [0.25, 0.3) is 0 Å². The largest absolute Gasteiger partial charge is 0.361 e. The zero-order valence-corrected chi connectivity index (χ0v) is 13.2. The van der Waals surface area contributed by atoms with Gasteiger partial charge >= 0.3 is 0 Å². The lowest BCUT2D eigenvalue weighted by Gasteiger charge is -2.10. The van der Waals surface area contributed by atoms with Crippen molar-refractivity contribution < 1.29 is 4.52 Å². The van der Waals surface area contributed by atoms with E-state index in [-0.39, 0.29) is 0 Å². The number of thioether (sulfide) groups is 1. The van der Waals surface area contributed by atoms with Gasteiger partial charge in [-0.05, 0) is 26.7 Å². The maximum absolute atomic E-state index is 5.21. The summed E-state index contributed by atoms with van der Waals surface area (Å²) in [7, 11) is 0. The van der Waals surface area contributed by atoms with Crippen LogP contribution in [0.5, 0.6) is 0 Å². The molecular weight excluding hydrogens is 272 g/mol. The minimum Gasteiger partial charge on any atom is -0.361 e. The van der Waals surface area contributed by atoms with E-state index in [1.54, 1.807) is 11.8 Å².